The molecule has 1 aliphatic rings. The molecule has 59 heavy (non-hydrogen) atoms. The van der Waals surface area contributed by atoms with Crippen molar-refractivity contribution in [3.63, 3.8) is 0 Å². The topological polar surface area (TPSA) is 191 Å². The highest BCUT2D eigenvalue weighted by Crippen LogP contribution is 2.28. The Balaban J connectivity index is 1.44. The first-order chi connectivity index (χ1) is 28.3. The molecule has 0 saturated carbocycles. The van der Waals surface area contributed by atoms with Gasteiger partial charge in [-0.15, -0.1) is 0 Å². The lowest BCUT2D eigenvalue weighted by Gasteiger charge is -2.36. The molecule has 2 aromatic carbocycles. The van der Waals surface area contributed by atoms with Crippen LogP contribution >= 0.6 is 0 Å². The number of nitrogens with zero attached hydrogens (tertiary/aromatic N) is 5. The van der Waals surface area contributed by atoms with Gasteiger partial charge in [0.1, 0.15) is 6.04 Å². The zero-order chi connectivity index (χ0) is 42.5. The predicted octanol–water partition coefficient (Wildman–Crippen LogP) is 4.49. The van der Waals surface area contributed by atoms with Crippen LogP contribution in [0.25, 0.3) is 11.3 Å². The molecule has 1 aliphatic heterocycles. The molecule has 3 heterocycles. The summed E-state index contributed by atoms with van der Waals surface area (Å²) in [5.41, 5.74) is 6.47. The largest absolute Gasteiger partial charge is 0.453 e. The Bertz CT molecular complexity index is 1970. The van der Waals surface area contributed by atoms with E-state index in [4.69, 9.17) is 4.74 Å². The fourth-order valence-corrected chi connectivity index (χ4v) is 7.28. The van der Waals surface area contributed by atoms with Crippen molar-refractivity contribution >= 4 is 23.9 Å². The van der Waals surface area contributed by atoms with Crippen molar-refractivity contribution in [3.8, 4) is 11.3 Å². The third-order valence-corrected chi connectivity index (χ3v) is 10.7. The van der Waals surface area contributed by atoms with E-state index in [0.29, 0.717) is 6.42 Å². The number of aromatic nitrogens is 3. The van der Waals surface area contributed by atoms with Crippen LogP contribution in [-0.2, 0) is 33.8 Å². The lowest BCUT2D eigenvalue weighted by molar-refractivity contribution is -0.133. The van der Waals surface area contributed by atoms with Gasteiger partial charge in [0.25, 0.3) is 5.91 Å². The van der Waals surface area contributed by atoms with Gasteiger partial charge in [-0.3, -0.25) is 20.0 Å². The van der Waals surface area contributed by atoms with Crippen molar-refractivity contribution in [1.29, 1.82) is 0 Å². The highest BCUT2D eigenvalue weighted by molar-refractivity contribution is 5.86. The SMILES string of the molecule is CCC(C)C(C(=O)NC(Cc1ccccc1)C(O)CN(Cc1ccc(-c2ccccn2)cc1)NC(=O)C(NC(=O)OC)C(C)(C)C)C1CNC(=O)N1Cc1ccnnc1. The molecule has 0 bridgehead atoms. The maximum Gasteiger partial charge on any atom is 0.407 e. The van der Waals surface area contributed by atoms with Crippen molar-refractivity contribution in [2.24, 2.45) is 17.3 Å². The standard InChI is InChI=1S/C44H57N9O6/c1-7-29(2)38(36-25-46-42(57)53(36)27-32-20-22-47-48-24-32)40(55)49-35(23-30-13-9-8-10-14-30)37(54)28-52(51-41(56)39(44(3,4)5)50-43(58)59-6)26-31-16-18-33(19-17-31)34-15-11-12-21-45-34/h8-22,24,29,35-39,54H,7,23,25-28H2,1-6H3,(H,46,57)(H,49,55)(H,50,58)(H,51,56). The first kappa shape index (κ1) is 44.2. The van der Waals surface area contributed by atoms with Gasteiger partial charge in [0.05, 0.1) is 43.1 Å². The molecule has 2 aromatic heterocycles. The number of urea groups is 1. The van der Waals surface area contributed by atoms with E-state index in [9.17, 15) is 24.3 Å². The number of benzene rings is 2. The van der Waals surface area contributed by atoms with E-state index in [1.54, 1.807) is 34.6 Å². The van der Waals surface area contributed by atoms with Gasteiger partial charge in [-0.25, -0.2) is 14.6 Å². The molecule has 0 spiro atoms. The highest BCUT2D eigenvalue weighted by atomic mass is 16.5. The number of methoxy groups -OCH3 is 1. The Labute approximate surface area is 346 Å². The van der Waals surface area contributed by atoms with E-state index in [0.717, 1.165) is 27.9 Å². The lowest BCUT2D eigenvalue weighted by atomic mass is 9.83. The second-order valence-corrected chi connectivity index (χ2v) is 16.1. The van der Waals surface area contributed by atoms with Crippen LogP contribution in [0.3, 0.4) is 0 Å². The van der Waals surface area contributed by atoms with Crippen LogP contribution in [-0.4, -0.2) is 98.6 Å². The zero-order valence-corrected chi connectivity index (χ0v) is 34.7. The van der Waals surface area contributed by atoms with Crippen LogP contribution in [0.4, 0.5) is 9.59 Å². The van der Waals surface area contributed by atoms with Gasteiger partial charge in [0.15, 0.2) is 0 Å². The van der Waals surface area contributed by atoms with E-state index < -0.39 is 47.6 Å². The van der Waals surface area contributed by atoms with Crippen molar-refractivity contribution in [3.05, 3.63) is 114 Å². The summed E-state index contributed by atoms with van der Waals surface area (Å²) in [6.07, 6.45) is 3.89. The number of hydrogen-bond acceptors (Lipinski definition) is 10. The molecule has 0 radical (unpaired) electrons. The van der Waals surface area contributed by atoms with Gasteiger partial charge >= 0.3 is 12.1 Å². The normalized spacial score (nSPS) is 16.6. The van der Waals surface area contributed by atoms with E-state index in [1.165, 1.54) is 7.11 Å². The second kappa shape index (κ2) is 20.7. The van der Waals surface area contributed by atoms with Gasteiger partial charge in [0.2, 0.25) is 5.91 Å². The Hall–Kier alpha value is -5.93. The van der Waals surface area contributed by atoms with Gasteiger partial charge in [-0.05, 0) is 52.6 Å². The summed E-state index contributed by atoms with van der Waals surface area (Å²) >= 11 is 0. The Morgan fingerprint density at radius 1 is 0.932 bits per heavy atom. The van der Waals surface area contributed by atoms with Crippen LogP contribution in [0.5, 0.6) is 0 Å². The van der Waals surface area contributed by atoms with E-state index >= 15 is 0 Å². The zero-order valence-electron chi connectivity index (χ0n) is 34.7. The first-order valence-corrected chi connectivity index (χ1v) is 20.0. The Morgan fingerprint density at radius 2 is 1.66 bits per heavy atom. The van der Waals surface area contributed by atoms with Crippen molar-refractivity contribution in [2.45, 2.75) is 84.8 Å². The van der Waals surface area contributed by atoms with E-state index in [1.807, 2.05) is 107 Å². The summed E-state index contributed by atoms with van der Waals surface area (Å²) < 4.78 is 4.83. The van der Waals surface area contributed by atoms with Crippen LogP contribution in [0.1, 0.15) is 57.7 Å². The summed E-state index contributed by atoms with van der Waals surface area (Å²) in [5.74, 6) is -1.55. The van der Waals surface area contributed by atoms with E-state index in [2.05, 4.69) is 36.6 Å². The summed E-state index contributed by atoms with van der Waals surface area (Å²) in [6.45, 7) is 10.1. The number of alkyl carbamates (subject to hydrolysis) is 1. The molecule has 15 nitrogen and oxygen atoms in total. The van der Waals surface area contributed by atoms with Crippen LogP contribution in [0.15, 0.2) is 97.5 Å². The molecule has 5 amide bonds. The van der Waals surface area contributed by atoms with Crippen LogP contribution in [0, 0.1) is 17.3 Å². The number of aliphatic hydroxyl groups is 1. The quantitative estimate of drug-likeness (QED) is 0.0896. The summed E-state index contributed by atoms with van der Waals surface area (Å²) in [5, 5.41) is 30.4. The fourth-order valence-electron chi connectivity index (χ4n) is 7.28. The lowest BCUT2D eigenvalue weighted by Crippen LogP contribution is -2.59. The van der Waals surface area contributed by atoms with Gasteiger partial charge < -0.3 is 30.7 Å². The number of hydrogen-bond donors (Lipinski definition) is 5. The Kier molecular flexibility index (Phi) is 15.5. The number of hydrazine groups is 1. The molecule has 0 aliphatic carbocycles. The number of rotatable bonds is 18. The van der Waals surface area contributed by atoms with Crippen LogP contribution in [0.2, 0.25) is 0 Å². The molecule has 314 valence electrons. The molecule has 5 N–H and O–H groups in total. The fraction of sp³-hybridized carbons (Fsp3) is 0.432. The summed E-state index contributed by atoms with van der Waals surface area (Å²) in [4.78, 5) is 60.3. The number of pyridine rings is 1. The average molecular weight is 808 g/mol. The number of aliphatic hydroxyl groups excluding tert-OH is 1. The molecule has 6 atom stereocenters. The van der Waals surface area contributed by atoms with Crippen molar-refractivity contribution in [1.82, 2.24) is 46.5 Å². The van der Waals surface area contributed by atoms with Gasteiger partial charge in [-0.1, -0.05) is 102 Å². The molecule has 6 unspecified atom stereocenters. The van der Waals surface area contributed by atoms with E-state index in [-0.39, 0.29) is 50.5 Å². The molecular weight excluding hydrogens is 751 g/mol. The van der Waals surface area contributed by atoms with Crippen LogP contribution < -0.4 is 21.4 Å². The van der Waals surface area contributed by atoms with Gasteiger partial charge in [0, 0.05) is 44.1 Å². The maximum atomic E-state index is 14.6. The minimum Gasteiger partial charge on any atom is -0.453 e. The molecule has 1 fully saturated rings. The first-order valence-electron chi connectivity index (χ1n) is 20.0. The predicted molar refractivity (Wildman–Crippen MR) is 223 cm³/mol. The molecule has 4 aromatic rings. The molecule has 15 heteroatoms. The summed E-state index contributed by atoms with van der Waals surface area (Å²) in [6, 6.07) is 22.2. The number of nitrogens with one attached hydrogen (secondary N) is 4. The number of amides is 5. The van der Waals surface area contributed by atoms with Crippen molar-refractivity contribution < 1.29 is 29.0 Å². The average Bonchev–Trinajstić information content (AvgIpc) is 3.58. The Morgan fingerprint density at radius 3 is 2.29 bits per heavy atom. The van der Waals surface area contributed by atoms with Gasteiger partial charge in [-0.2, -0.15) is 10.2 Å². The summed E-state index contributed by atoms with van der Waals surface area (Å²) in [7, 11) is 1.23. The molecule has 5 rings (SSSR count). The smallest absolute Gasteiger partial charge is 0.407 e. The minimum absolute atomic E-state index is 0.0980. The number of carbonyl (C=O) groups is 4. The number of ether oxygens (including phenoxy) is 1. The second-order valence-electron chi connectivity index (χ2n) is 16.1. The molecule has 1 saturated heterocycles. The third kappa shape index (κ3) is 12.3. The highest BCUT2D eigenvalue weighted by Gasteiger charge is 2.43. The monoisotopic (exact) mass is 807 g/mol. The minimum atomic E-state index is -1.20. The third-order valence-electron chi connectivity index (χ3n) is 10.7. The number of carbonyl (C=O) groups excluding carboxylic acids is 4. The maximum absolute atomic E-state index is 14.6. The molecular formula is C44H57N9O6. The van der Waals surface area contributed by atoms with Crippen molar-refractivity contribution in [2.75, 3.05) is 20.2 Å².